The van der Waals surface area contributed by atoms with Crippen LogP contribution in [0.15, 0.2) is 20.3 Å². The third-order valence-corrected chi connectivity index (χ3v) is 3.85. The Hall–Kier alpha value is -1.59. The highest BCUT2D eigenvalue weighted by Crippen LogP contribution is 2.26. The van der Waals surface area contributed by atoms with Crippen molar-refractivity contribution in [1.82, 2.24) is 0 Å². The predicted octanol–water partition coefficient (Wildman–Crippen LogP) is 0.383. The minimum atomic E-state index is -1.62. The van der Waals surface area contributed by atoms with Crippen LogP contribution in [0.3, 0.4) is 0 Å². The van der Waals surface area contributed by atoms with Gasteiger partial charge in [0.05, 0.1) is 5.57 Å². The van der Waals surface area contributed by atoms with Crippen molar-refractivity contribution in [2.75, 3.05) is 5.75 Å². The van der Waals surface area contributed by atoms with E-state index in [1.807, 2.05) is 0 Å². The van der Waals surface area contributed by atoms with Gasteiger partial charge in [0.15, 0.2) is 0 Å². The van der Waals surface area contributed by atoms with Gasteiger partial charge in [0, 0.05) is 5.75 Å². The Bertz CT molecular complexity index is 485. The summed E-state index contributed by atoms with van der Waals surface area (Å²) in [7, 11) is 0. The SMILES string of the molecule is O=C(O)/C(S)=C(/CS/C(C(=O)O)=C(\S)C(=O)O)C(=O)O. The van der Waals surface area contributed by atoms with Crippen molar-refractivity contribution >= 4 is 60.9 Å². The standard InChI is InChI=1S/C9H8O8S3/c10-6(11)2(3(18)7(12)13)1-20-5(9(16)17)4(19)8(14)15/h18-19H,1H2,(H,10,11)(H,12,13)(H,14,15)(H,16,17)/b3-2+,5-4-. The van der Waals surface area contributed by atoms with Crippen LogP contribution in [0.4, 0.5) is 0 Å². The fourth-order valence-corrected chi connectivity index (χ4v) is 2.31. The average molecular weight is 340 g/mol. The number of carboxylic acid groups (broad SMARTS) is 4. The minimum Gasteiger partial charge on any atom is -0.478 e. The van der Waals surface area contributed by atoms with Crippen LogP contribution in [-0.4, -0.2) is 50.1 Å². The van der Waals surface area contributed by atoms with Gasteiger partial charge in [-0.2, -0.15) is 0 Å². The Morgan fingerprint density at radius 2 is 1.20 bits per heavy atom. The van der Waals surface area contributed by atoms with E-state index in [0.717, 1.165) is 0 Å². The van der Waals surface area contributed by atoms with Crippen LogP contribution in [0, 0.1) is 0 Å². The molecule has 0 unspecified atom stereocenters. The van der Waals surface area contributed by atoms with Gasteiger partial charge in [-0.3, -0.25) is 0 Å². The molecular formula is C9H8O8S3. The van der Waals surface area contributed by atoms with Crippen LogP contribution in [0.25, 0.3) is 0 Å². The molecule has 0 bridgehead atoms. The first-order chi connectivity index (χ1) is 9.09. The molecule has 0 saturated heterocycles. The molecule has 0 aliphatic rings. The molecule has 20 heavy (non-hydrogen) atoms. The van der Waals surface area contributed by atoms with Crippen LogP contribution in [0.5, 0.6) is 0 Å². The molecule has 0 radical (unpaired) electrons. The van der Waals surface area contributed by atoms with E-state index in [1.54, 1.807) is 0 Å². The van der Waals surface area contributed by atoms with E-state index in [9.17, 15) is 19.2 Å². The van der Waals surface area contributed by atoms with Crippen LogP contribution in [-0.2, 0) is 19.2 Å². The molecule has 0 amide bonds. The van der Waals surface area contributed by atoms with Crippen LogP contribution < -0.4 is 0 Å². The highest BCUT2D eigenvalue weighted by molar-refractivity contribution is 8.05. The van der Waals surface area contributed by atoms with Crippen molar-refractivity contribution in [3.8, 4) is 0 Å². The second-order valence-electron chi connectivity index (χ2n) is 3.01. The molecule has 0 spiro atoms. The molecule has 0 aromatic rings. The van der Waals surface area contributed by atoms with Crippen molar-refractivity contribution in [2.45, 2.75) is 0 Å². The average Bonchev–Trinajstić information content (AvgIpc) is 2.31. The summed E-state index contributed by atoms with van der Waals surface area (Å²) in [4.78, 5) is 40.7. The summed E-state index contributed by atoms with van der Waals surface area (Å²) in [6.45, 7) is 0. The maximum absolute atomic E-state index is 10.8. The van der Waals surface area contributed by atoms with Crippen LogP contribution in [0.2, 0.25) is 0 Å². The second kappa shape index (κ2) is 7.87. The fraction of sp³-hybridized carbons (Fsp3) is 0.111. The zero-order valence-electron chi connectivity index (χ0n) is 9.43. The first-order valence-corrected chi connectivity index (χ1v) is 6.38. The lowest BCUT2D eigenvalue weighted by Gasteiger charge is -2.06. The number of hydrogen-bond donors (Lipinski definition) is 6. The third kappa shape index (κ3) is 5.19. The Balaban J connectivity index is 5.42. The molecule has 0 heterocycles. The molecule has 0 aliphatic heterocycles. The number of carboxylic acids is 4. The van der Waals surface area contributed by atoms with Gasteiger partial charge in [0.25, 0.3) is 0 Å². The normalized spacial score (nSPS) is 13.1. The van der Waals surface area contributed by atoms with Crippen molar-refractivity contribution in [3.05, 3.63) is 20.3 Å². The summed E-state index contributed by atoms with van der Waals surface area (Å²) in [5.74, 6) is -7.03. The monoisotopic (exact) mass is 340 g/mol. The Morgan fingerprint density at radius 3 is 1.50 bits per heavy atom. The molecule has 0 atom stereocenters. The number of thiol groups is 2. The molecule has 0 aromatic heterocycles. The quantitative estimate of drug-likeness (QED) is 0.286. The first kappa shape index (κ1) is 18.4. The van der Waals surface area contributed by atoms with Gasteiger partial charge in [-0.25, -0.2) is 19.2 Å². The van der Waals surface area contributed by atoms with E-state index >= 15 is 0 Å². The van der Waals surface area contributed by atoms with Gasteiger partial charge >= 0.3 is 23.9 Å². The second-order valence-corrected chi connectivity index (χ2v) is 4.89. The Morgan fingerprint density at radius 1 is 0.750 bits per heavy atom. The number of thioether (sulfide) groups is 1. The smallest absolute Gasteiger partial charge is 0.343 e. The van der Waals surface area contributed by atoms with Crippen LogP contribution in [0.1, 0.15) is 0 Å². The third-order valence-electron chi connectivity index (χ3n) is 1.72. The van der Waals surface area contributed by atoms with Crippen molar-refractivity contribution in [3.63, 3.8) is 0 Å². The number of carbonyl (C=O) groups is 4. The van der Waals surface area contributed by atoms with E-state index in [-0.39, 0.29) is 0 Å². The van der Waals surface area contributed by atoms with E-state index < -0.39 is 49.9 Å². The maximum atomic E-state index is 10.8. The van der Waals surface area contributed by atoms with Gasteiger partial charge in [-0.05, 0) is 0 Å². The van der Waals surface area contributed by atoms with Crippen LogP contribution >= 0.6 is 37.0 Å². The van der Waals surface area contributed by atoms with Gasteiger partial charge < -0.3 is 20.4 Å². The van der Waals surface area contributed by atoms with Crippen molar-refractivity contribution < 1.29 is 39.6 Å². The van der Waals surface area contributed by atoms with Crippen molar-refractivity contribution in [2.24, 2.45) is 0 Å². The van der Waals surface area contributed by atoms with E-state index in [0.29, 0.717) is 11.8 Å². The topological polar surface area (TPSA) is 149 Å². The fourth-order valence-electron chi connectivity index (χ4n) is 0.833. The summed E-state index contributed by atoms with van der Waals surface area (Å²) in [6.07, 6.45) is 0. The molecule has 110 valence electrons. The molecule has 0 aromatic carbocycles. The van der Waals surface area contributed by atoms with E-state index in [4.69, 9.17) is 20.4 Å². The minimum absolute atomic E-state index is 0.320. The maximum Gasteiger partial charge on any atom is 0.343 e. The molecule has 0 fully saturated rings. The summed E-state index contributed by atoms with van der Waals surface area (Å²) in [6, 6.07) is 0. The Labute approximate surface area is 127 Å². The highest BCUT2D eigenvalue weighted by Gasteiger charge is 2.22. The first-order valence-electron chi connectivity index (χ1n) is 4.50. The highest BCUT2D eigenvalue weighted by atomic mass is 32.2. The lowest BCUT2D eigenvalue weighted by molar-refractivity contribution is -0.135. The zero-order valence-corrected chi connectivity index (χ0v) is 12.0. The molecule has 0 saturated carbocycles. The summed E-state index contributed by atoms with van der Waals surface area (Å²) < 4.78 is 0. The number of rotatable bonds is 7. The Kier molecular flexibility index (Phi) is 7.24. The van der Waals surface area contributed by atoms with Gasteiger partial charge in [0.2, 0.25) is 0 Å². The van der Waals surface area contributed by atoms with E-state index in [1.165, 1.54) is 0 Å². The van der Waals surface area contributed by atoms with Crippen molar-refractivity contribution in [1.29, 1.82) is 0 Å². The predicted molar refractivity (Wildman–Crippen MR) is 75.0 cm³/mol. The number of hydrogen-bond acceptors (Lipinski definition) is 7. The summed E-state index contributed by atoms with van der Waals surface area (Å²) in [5.41, 5.74) is -0.670. The lowest BCUT2D eigenvalue weighted by Crippen LogP contribution is -2.12. The molecule has 0 aliphatic carbocycles. The molecule has 4 N–H and O–H groups in total. The molecule has 0 rings (SSSR count). The molecule has 8 nitrogen and oxygen atoms in total. The van der Waals surface area contributed by atoms with Gasteiger partial charge in [-0.15, -0.1) is 37.0 Å². The largest absolute Gasteiger partial charge is 0.478 e. The lowest BCUT2D eigenvalue weighted by atomic mass is 10.3. The zero-order chi connectivity index (χ0) is 16.0. The summed E-state index contributed by atoms with van der Waals surface area (Å²) >= 11 is 7.30. The van der Waals surface area contributed by atoms with Gasteiger partial charge in [0.1, 0.15) is 14.7 Å². The molecule has 11 heteroatoms. The van der Waals surface area contributed by atoms with E-state index in [2.05, 4.69) is 25.3 Å². The number of aliphatic carboxylic acids is 4. The van der Waals surface area contributed by atoms with Gasteiger partial charge in [-0.1, -0.05) is 0 Å². The summed E-state index contributed by atoms with van der Waals surface area (Å²) in [5, 5.41) is 34.9. The molecular weight excluding hydrogens is 332 g/mol.